The highest BCUT2D eigenvalue weighted by Gasteiger charge is 2.14. The molecule has 0 radical (unpaired) electrons. The van der Waals surface area contributed by atoms with Crippen LogP contribution in [0, 0.1) is 0 Å². The van der Waals surface area contributed by atoms with Crippen molar-refractivity contribution in [2.75, 3.05) is 19.4 Å². The summed E-state index contributed by atoms with van der Waals surface area (Å²) >= 11 is 1.65. The molecule has 0 aliphatic heterocycles. The zero-order chi connectivity index (χ0) is 13.7. The molecule has 3 N–H and O–H groups in total. The van der Waals surface area contributed by atoms with E-state index in [-0.39, 0.29) is 5.91 Å². The minimum Gasteiger partial charge on any atom is -0.496 e. The van der Waals surface area contributed by atoms with Crippen molar-refractivity contribution >= 4 is 22.9 Å². The van der Waals surface area contributed by atoms with Crippen molar-refractivity contribution in [1.29, 1.82) is 0 Å². The first kappa shape index (κ1) is 13.4. The second-order valence-electron chi connectivity index (χ2n) is 4.06. The number of nitrogen functional groups attached to an aromatic ring is 1. The molecule has 1 aromatic carbocycles. The summed E-state index contributed by atoms with van der Waals surface area (Å²) in [5.74, 6) is 0.290. The van der Waals surface area contributed by atoms with E-state index in [4.69, 9.17) is 10.5 Å². The van der Waals surface area contributed by atoms with Crippen LogP contribution in [0.3, 0.4) is 0 Å². The number of nitrogens with two attached hydrogens (primary N) is 1. The third-order valence-corrected chi connectivity index (χ3v) is 3.52. The highest BCUT2D eigenvalue weighted by atomic mass is 32.1. The first-order chi connectivity index (χ1) is 9.22. The minimum absolute atomic E-state index is 0.204. The van der Waals surface area contributed by atoms with Crippen LogP contribution in [-0.4, -0.2) is 19.6 Å². The number of rotatable bonds is 5. The van der Waals surface area contributed by atoms with Gasteiger partial charge in [0.1, 0.15) is 11.3 Å². The molecule has 4 nitrogen and oxygen atoms in total. The highest BCUT2D eigenvalue weighted by molar-refractivity contribution is 7.07. The molecule has 0 aliphatic carbocycles. The number of amides is 1. The lowest BCUT2D eigenvalue weighted by Crippen LogP contribution is -2.26. The molecule has 1 aromatic heterocycles. The minimum atomic E-state index is -0.204. The molecule has 0 bridgehead atoms. The Morgan fingerprint density at radius 3 is 2.95 bits per heavy atom. The van der Waals surface area contributed by atoms with Gasteiger partial charge in [-0.05, 0) is 40.9 Å². The molecule has 0 saturated carbocycles. The van der Waals surface area contributed by atoms with Gasteiger partial charge in [-0.25, -0.2) is 0 Å². The van der Waals surface area contributed by atoms with Crippen molar-refractivity contribution in [3.8, 4) is 5.75 Å². The number of anilines is 1. The molecule has 1 amide bonds. The van der Waals surface area contributed by atoms with E-state index in [0.717, 1.165) is 6.42 Å². The molecular weight excluding hydrogens is 260 g/mol. The standard InChI is InChI=1S/C14H16N2O2S/c1-18-12-4-2-3-11(15)13(12)14(17)16-7-5-10-6-8-19-9-10/h2-4,6,8-9H,5,7,15H2,1H3,(H,16,17). The fourth-order valence-electron chi connectivity index (χ4n) is 1.80. The number of ether oxygens (including phenoxy) is 1. The molecule has 100 valence electrons. The van der Waals surface area contributed by atoms with Crippen molar-refractivity contribution in [2.45, 2.75) is 6.42 Å². The number of carbonyl (C=O) groups excluding carboxylic acids is 1. The van der Waals surface area contributed by atoms with Gasteiger partial charge in [-0.15, -0.1) is 0 Å². The smallest absolute Gasteiger partial charge is 0.257 e. The maximum Gasteiger partial charge on any atom is 0.257 e. The van der Waals surface area contributed by atoms with Gasteiger partial charge < -0.3 is 15.8 Å². The van der Waals surface area contributed by atoms with Crippen LogP contribution in [0.1, 0.15) is 15.9 Å². The molecule has 1 heterocycles. The summed E-state index contributed by atoms with van der Waals surface area (Å²) in [7, 11) is 1.52. The zero-order valence-corrected chi connectivity index (χ0v) is 11.5. The van der Waals surface area contributed by atoms with Crippen LogP contribution >= 0.6 is 11.3 Å². The Balaban J connectivity index is 2.00. The fourth-order valence-corrected chi connectivity index (χ4v) is 2.51. The van der Waals surface area contributed by atoms with Gasteiger partial charge in [-0.2, -0.15) is 11.3 Å². The molecule has 5 heteroatoms. The van der Waals surface area contributed by atoms with Gasteiger partial charge in [-0.1, -0.05) is 6.07 Å². The van der Waals surface area contributed by atoms with Crippen molar-refractivity contribution < 1.29 is 9.53 Å². The van der Waals surface area contributed by atoms with Crippen LogP contribution in [0.25, 0.3) is 0 Å². The van der Waals surface area contributed by atoms with Crippen molar-refractivity contribution in [2.24, 2.45) is 0 Å². The number of thiophene rings is 1. The Bertz CT molecular complexity index is 553. The Morgan fingerprint density at radius 2 is 2.26 bits per heavy atom. The fraction of sp³-hybridized carbons (Fsp3) is 0.214. The summed E-state index contributed by atoms with van der Waals surface area (Å²) in [5.41, 5.74) is 7.87. The van der Waals surface area contributed by atoms with E-state index >= 15 is 0 Å². The van der Waals surface area contributed by atoms with Crippen LogP contribution in [0.2, 0.25) is 0 Å². The van der Waals surface area contributed by atoms with Crippen LogP contribution in [0.15, 0.2) is 35.0 Å². The lowest BCUT2D eigenvalue weighted by atomic mass is 10.1. The molecule has 0 spiro atoms. The van der Waals surface area contributed by atoms with E-state index in [0.29, 0.717) is 23.5 Å². The quantitative estimate of drug-likeness (QED) is 0.824. The SMILES string of the molecule is COc1cccc(N)c1C(=O)NCCc1ccsc1. The topological polar surface area (TPSA) is 64.3 Å². The second kappa shape index (κ2) is 6.24. The molecule has 0 atom stereocenters. The van der Waals surface area contributed by atoms with Crippen molar-refractivity contribution in [3.63, 3.8) is 0 Å². The van der Waals surface area contributed by atoms with E-state index in [1.807, 2.05) is 11.4 Å². The Kier molecular flexibility index (Phi) is 4.41. The first-order valence-electron chi connectivity index (χ1n) is 5.94. The van der Waals surface area contributed by atoms with Crippen LogP contribution in [0.4, 0.5) is 5.69 Å². The predicted octanol–water partition coefficient (Wildman–Crippen LogP) is 2.31. The summed E-state index contributed by atoms with van der Waals surface area (Å²) in [6.45, 7) is 0.576. The van der Waals surface area contributed by atoms with Crippen LogP contribution < -0.4 is 15.8 Å². The number of benzene rings is 1. The van der Waals surface area contributed by atoms with Gasteiger partial charge in [0.15, 0.2) is 0 Å². The molecule has 2 rings (SSSR count). The average molecular weight is 276 g/mol. The zero-order valence-electron chi connectivity index (χ0n) is 10.7. The number of methoxy groups -OCH3 is 1. The van der Waals surface area contributed by atoms with E-state index in [9.17, 15) is 4.79 Å². The van der Waals surface area contributed by atoms with Gasteiger partial charge in [0.05, 0.1) is 7.11 Å². The summed E-state index contributed by atoms with van der Waals surface area (Å²) < 4.78 is 5.16. The lowest BCUT2D eigenvalue weighted by Gasteiger charge is -2.11. The number of hydrogen-bond donors (Lipinski definition) is 2. The van der Waals surface area contributed by atoms with E-state index in [2.05, 4.69) is 10.7 Å². The number of hydrogen-bond acceptors (Lipinski definition) is 4. The molecule has 19 heavy (non-hydrogen) atoms. The third-order valence-electron chi connectivity index (χ3n) is 2.78. The largest absolute Gasteiger partial charge is 0.496 e. The van der Waals surface area contributed by atoms with Crippen LogP contribution in [0.5, 0.6) is 5.75 Å². The second-order valence-corrected chi connectivity index (χ2v) is 4.84. The normalized spacial score (nSPS) is 10.2. The van der Waals surface area contributed by atoms with E-state index in [1.165, 1.54) is 12.7 Å². The van der Waals surface area contributed by atoms with Gasteiger partial charge in [0, 0.05) is 12.2 Å². The molecule has 0 saturated heterocycles. The molecule has 0 fully saturated rings. The van der Waals surface area contributed by atoms with Crippen molar-refractivity contribution in [1.82, 2.24) is 5.32 Å². The number of carbonyl (C=O) groups is 1. The Labute approximate surface area is 116 Å². The molecule has 0 unspecified atom stereocenters. The average Bonchev–Trinajstić information content (AvgIpc) is 2.91. The molecule has 0 aliphatic rings. The first-order valence-corrected chi connectivity index (χ1v) is 6.88. The summed E-state index contributed by atoms with van der Waals surface area (Å²) in [4.78, 5) is 12.1. The van der Waals surface area contributed by atoms with Gasteiger partial charge in [0.25, 0.3) is 5.91 Å². The molecule has 2 aromatic rings. The summed E-state index contributed by atoms with van der Waals surface area (Å²) in [6.07, 6.45) is 0.810. The highest BCUT2D eigenvalue weighted by Crippen LogP contribution is 2.23. The number of nitrogens with one attached hydrogen (secondary N) is 1. The van der Waals surface area contributed by atoms with Gasteiger partial charge >= 0.3 is 0 Å². The van der Waals surface area contributed by atoms with E-state index in [1.54, 1.807) is 29.5 Å². The van der Waals surface area contributed by atoms with Crippen LogP contribution in [-0.2, 0) is 6.42 Å². The maximum absolute atomic E-state index is 12.1. The van der Waals surface area contributed by atoms with E-state index < -0.39 is 0 Å². The lowest BCUT2D eigenvalue weighted by molar-refractivity contribution is 0.0952. The summed E-state index contributed by atoms with van der Waals surface area (Å²) in [6, 6.07) is 7.23. The molecular formula is C14H16N2O2S. The maximum atomic E-state index is 12.1. The monoisotopic (exact) mass is 276 g/mol. The third kappa shape index (κ3) is 3.26. The Hall–Kier alpha value is -2.01. The van der Waals surface area contributed by atoms with Crippen molar-refractivity contribution in [3.05, 3.63) is 46.2 Å². The van der Waals surface area contributed by atoms with Gasteiger partial charge in [0.2, 0.25) is 0 Å². The predicted molar refractivity (Wildman–Crippen MR) is 77.8 cm³/mol. The van der Waals surface area contributed by atoms with Gasteiger partial charge in [-0.3, -0.25) is 4.79 Å². The summed E-state index contributed by atoms with van der Waals surface area (Å²) in [5, 5.41) is 6.95. The Morgan fingerprint density at radius 1 is 1.42 bits per heavy atom.